The van der Waals surface area contributed by atoms with Gasteiger partial charge in [-0.25, -0.2) is 8.42 Å². The van der Waals surface area contributed by atoms with Crippen LogP contribution in [-0.2, 0) is 32.6 Å². The fourth-order valence-corrected chi connectivity index (χ4v) is 5.32. The molecule has 0 fully saturated rings. The van der Waals surface area contributed by atoms with Crippen molar-refractivity contribution in [3.8, 4) is 17.2 Å². The van der Waals surface area contributed by atoms with E-state index in [0.717, 1.165) is 16.1 Å². The molecule has 0 aromatic heterocycles. The van der Waals surface area contributed by atoms with Gasteiger partial charge in [0.25, 0.3) is 0 Å². The first-order chi connectivity index (χ1) is 20.1. The molecule has 0 radical (unpaired) electrons. The smallest absolute Gasteiger partial charge is 0.244 e. The summed E-state index contributed by atoms with van der Waals surface area (Å²) in [6.07, 6.45) is 1.96. The van der Waals surface area contributed by atoms with Gasteiger partial charge in [0, 0.05) is 25.6 Å². The lowest BCUT2D eigenvalue weighted by molar-refractivity contribution is -0.140. The van der Waals surface area contributed by atoms with E-state index in [4.69, 9.17) is 14.2 Å². The summed E-state index contributed by atoms with van der Waals surface area (Å²) >= 11 is 0. The van der Waals surface area contributed by atoms with Crippen LogP contribution in [0.4, 0.5) is 5.69 Å². The van der Waals surface area contributed by atoms with Crippen molar-refractivity contribution in [3.05, 3.63) is 83.9 Å². The predicted molar refractivity (Wildman–Crippen MR) is 163 cm³/mol. The van der Waals surface area contributed by atoms with E-state index in [1.54, 1.807) is 37.4 Å². The molecule has 3 rings (SSSR count). The molecule has 0 aliphatic heterocycles. The monoisotopic (exact) mass is 597 g/mol. The number of amides is 2. The first kappa shape index (κ1) is 32.3. The lowest BCUT2D eigenvalue weighted by Gasteiger charge is -2.33. The lowest BCUT2D eigenvalue weighted by atomic mass is 10.0. The van der Waals surface area contributed by atoms with Crippen LogP contribution in [0.1, 0.15) is 24.5 Å². The molecule has 1 atom stereocenters. The Balaban J connectivity index is 2.11. The highest BCUT2D eigenvalue weighted by molar-refractivity contribution is 7.92. The Morgan fingerprint density at radius 3 is 2.14 bits per heavy atom. The zero-order chi connectivity index (χ0) is 30.7. The molecule has 0 unspecified atom stereocenters. The molecule has 226 valence electrons. The Bertz CT molecular complexity index is 1450. The Kier molecular flexibility index (Phi) is 11.6. The topological polar surface area (TPSA) is 114 Å². The summed E-state index contributed by atoms with van der Waals surface area (Å²) in [6, 6.07) is 20.3. The van der Waals surface area contributed by atoms with Gasteiger partial charge in [0.1, 0.15) is 29.8 Å². The summed E-state index contributed by atoms with van der Waals surface area (Å²) in [5.41, 5.74) is 1.71. The largest absolute Gasteiger partial charge is 0.497 e. The van der Waals surface area contributed by atoms with Crippen molar-refractivity contribution in [3.63, 3.8) is 0 Å². The van der Waals surface area contributed by atoms with E-state index in [2.05, 4.69) is 5.32 Å². The van der Waals surface area contributed by atoms with E-state index in [1.165, 1.54) is 25.2 Å². The number of nitrogens with one attached hydrogen (secondary N) is 1. The average Bonchev–Trinajstić information content (AvgIpc) is 2.99. The molecule has 0 saturated carbocycles. The third-order valence-electron chi connectivity index (χ3n) is 6.64. The third-order valence-corrected chi connectivity index (χ3v) is 7.77. The summed E-state index contributed by atoms with van der Waals surface area (Å²) in [6.45, 7) is 1.84. The fourth-order valence-electron chi connectivity index (χ4n) is 4.47. The second-order valence-electron chi connectivity index (χ2n) is 9.68. The number of anilines is 1. The Labute approximate surface area is 248 Å². The van der Waals surface area contributed by atoms with E-state index in [1.807, 2.05) is 43.3 Å². The van der Waals surface area contributed by atoms with Crippen LogP contribution >= 0.6 is 0 Å². The molecule has 0 spiro atoms. The van der Waals surface area contributed by atoms with Gasteiger partial charge in [-0.05, 0) is 41.8 Å². The summed E-state index contributed by atoms with van der Waals surface area (Å²) < 4.78 is 43.3. The second-order valence-corrected chi connectivity index (χ2v) is 11.6. The third kappa shape index (κ3) is 8.62. The van der Waals surface area contributed by atoms with Crippen molar-refractivity contribution in [2.24, 2.45) is 0 Å². The van der Waals surface area contributed by atoms with Gasteiger partial charge in [0.15, 0.2) is 0 Å². The van der Waals surface area contributed by atoms with Crippen molar-refractivity contribution < 1.29 is 32.2 Å². The standard InChI is InChI=1S/C31H39N3O7S/c1-6-17-32-31(36)28(19-23-11-8-7-9-12-23)33(21-24-13-10-14-25(18-24)39-2)30(35)22-34(42(5,37)38)27-20-26(40-3)15-16-29(27)41-4/h7-16,18,20,28H,6,17,19,21-22H2,1-5H3,(H,32,36)/t28-/m1/s1. The van der Waals surface area contributed by atoms with Crippen LogP contribution < -0.4 is 23.8 Å². The number of rotatable bonds is 15. The average molecular weight is 598 g/mol. The number of ether oxygens (including phenoxy) is 3. The summed E-state index contributed by atoms with van der Waals surface area (Å²) in [5.74, 6) is 0.326. The molecule has 42 heavy (non-hydrogen) atoms. The quantitative estimate of drug-likeness (QED) is 0.285. The number of carbonyl (C=O) groups is 2. The Hall–Kier alpha value is -4.25. The molecule has 0 aliphatic carbocycles. The first-order valence-corrected chi connectivity index (χ1v) is 15.4. The number of hydrogen-bond acceptors (Lipinski definition) is 7. The van der Waals surface area contributed by atoms with Gasteiger partial charge in [-0.1, -0.05) is 49.4 Å². The molecule has 3 aromatic rings. The van der Waals surface area contributed by atoms with Gasteiger partial charge >= 0.3 is 0 Å². The highest BCUT2D eigenvalue weighted by Crippen LogP contribution is 2.34. The molecule has 0 bridgehead atoms. The maximum absolute atomic E-state index is 14.2. The van der Waals surface area contributed by atoms with Crippen LogP contribution in [0.5, 0.6) is 17.2 Å². The van der Waals surface area contributed by atoms with Crippen LogP contribution in [0.15, 0.2) is 72.8 Å². The number of nitrogens with zero attached hydrogens (tertiary/aromatic N) is 2. The molecule has 1 N–H and O–H groups in total. The van der Waals surface area contributed by atoms with Gasteiger partial charge in [0.2, 0.25) is 21.8 Å². The predicted octanol–water partition coefficient (Wildman–Crippen LogP) is 3.64. The highest BCUT2D eigenvalue weighted by Gasteiger charge is 2.33. The Morgan fingerprint density at radius 2 is 1.52 bits per heavy atom. The fraction of sp³-hybridized carbons (Fsp3) is 0.355. The van der Waals surface area contributed by atoms with Crippen molar-refractivity contribution in [2.45, 2.75) is 32.4 Å². The van der Waals surface area contributed by atoms with E-state index in [0.29, 0.717) is 30.0 Å². The van der Waals surface area contributed by atoms with E-state index in [9.17, 15) is 18.0 Å². The SMILES string of the molecule is CCCNC(=O)[C@@H](Cc1ccccc1)N(Cc1cccc(OC)c1)C(=O)CN(c1cc(OC)ccc1OC)S(C)(=O)=O. The highest BCUT2D eigenvalue weighted by atomic mass is 32.2. The molecule has 2 amide bonds. The maximum atomic E-state index is 14.2. The van der Waals surface area contributed by atoms with Crippen molar-refractivity contribution in [1.82, 2.24) is 10.2 Å². The molecule has 3 aromatic carbocycles. The van der Waals surface area contributed by atoms with E-state index < -0.39 is 28.5 Å². The summed E-state index contributed by atoms with van der Waals surface area (Å²) in [7, 11) is 0.441. The molecule has 11 heteroatoms. The molecular weight excluding hydrogens is 558 g/mol. The minimum atomic E-state index is -3.98. The van der Waals surface area contributed by atoms with Crippen LogP contribution in [0.2, 0.25) is 0 Å². The molecule has 10 nitrogen and oxygen atoms in total. The zero-order valence-corrected chi connectivity index (χ0v) is 25.5. The van der Waals surface area contributed by atoms with Gasteiger partial charge in [-0.2, -0.15) is 0 Å². The maximum Gasteiger partial charge on any atom is 0.244 e. The number of hydrogen-bond donors (Lipinski definition) is 1. The van der Waals surface area contributed by atoms with Crippen LogP contribution in [0.3, 0.4) is 0 Å². The number of benzene rings is 3. The molecule has 0 heterocycles. The van der Waals surface area contributed by atoms with Gasteiger partial charge in [-0.3, -0.25) is 13.9 Å². The summed E-state index contributed by atoms with van der Waals surface area (Å²) in [5, 5.41) is 2.92. The Morgan fingerprint density at radius 1 is 0.857 bits per heavy atom. The lowest BCUT2D eigenvalue weighted by Crippen LogP contribution is -2.53. The van der Waals surface area contributed by atoms with Crippen molar-refractivity contribution >= 4 is 27.5 Å². The van der Waals surface area contributed by atoms with E-state index in [-0.39, 0.29) is 30.3 Å². The first-order valence-electron chi connectivity index (χ1n) is 13.5. The minimum absolute atomic E-state index is 0.0416. The number of carbonyl (C=O) groups excluding carboxylic acids is 2. The second kappa shape index (κ2) is 15.1. The van der Waals surface area contributed by atoms with Gasteiger partial charge in [-0.15, -0.1) is 0 Å². The van der Waals surface area contributed by atoms with Gasteiger partial charge in [0.05, 0.1) is 33.3 Å². The van der Waals surface area contributed by atoms with Gasteiger partial charge < -0.3 is 24.4 Å². The zero-order valence-electron chi connectivity index (χ0n) is 24.7. The van der Waals surface area contributed by atoms with Crippen molar-refractivity contribution in [2.75, 3.05) is 45.0 Å². The normalized spacial score (nSPS) is 11.7. The molecular formula is C31H39N3O7S. The van der Waals surface area contributed by atoms with Crippen LogP contribution in [0, 0.1) is 0 Å². The minimum Gasteiger partial charge on any atom is -0.497 e. The van der Waals surface area contributed by atoms with Crippen LogP contribution in [0.25, 0.3) is 0 Å². The number of methoxy groups -OCH3 is 3. The molecule has 0 aliphatic rings. The van der Waals surface area contributed by atoms with Crippen LogP contribution in [-0.4, -0.2) is 71.8 Å². The van der Waals surface area contributed by atoms with Crippen molar-refractivity contribution in [1.29, 1.82) is 0 Å². The summed E-state index contributed by atoms with van der Waals surface area (Å²) in [4.78, 5) is 29.3. The molecule has 0 saturated heterocycles. The number of sulfonamides is 1. The van der Waals surface area contributed by atoms with E-state index >= 15 is 0 Å².